The summed E-state index contributed by atoms with van der Waals surface area (Å²) in [7, 11) is 0. The molecule has 2 aromatic heterocycles. The van der Waals surface area contributed by atoms with Crippen LogP contribution in [-0.4, -0.2) is 22.0 Å². The minimum Gasteiger partial charge on any atom is -0.445 e. The van der Waals surface area contributed by atoms with Gasteiger partial charge in [0.25, 0.3) is 0 Å². The van der Waals surface area contributed by atoms with E-state index in [1.54, 1.807) is 36.7 Å². The number of hydrogen-bond acceptors (Lipinski definition) is 5. The molecular weight excluding hydrogens is 388 g/mol. The van der Waals surface area contributed by atoms with Gasteiger partial charge in [-0.3, -0.25) is 14.8 Å². The minimum absolute atomic E-state index is 0.290. The van der Waals surface area contributed by atoms with E-state index in [4.69, 9.17) is 9.47 Å². The number of para-hydroxylation sites is 2. The van der Waals surface area contributed by atoms with E-state index >= 15 is 0 Å². The van der Waals surface area contributed by atoms with Crippen LogP contribution in [0.4, 0.5) is 0 Å². The predicted molar refractivity (Wildman–Crippen MR) is 119 cm³/mol. The number of carbonyl (C=O) groups excluding carboxylic acids is 1. The third-order valence-corrected chi connectivity index (χ3v) is 4.93. The van der Waals surface area contributed by atoms with Crippen molar-refractivity contribution >= 4 is 27.6 Å². The van der Waals surface area contributed by atoms with Crippen molar-refractivity contribution in [1.82, 2.24) is 9.97 Å². The molecular formula is C26H18N2O3. The lowest BCUT2D eigenvalue weighted by molar-refractivity contribution is 0.0138. The number of ether oxygens (including phenoxy) is 2. The molecule has 2 heterocycles. The maximum Gasteiger partial charge on any atom is 0.305 e. The van der Waals surface area contributed by atoms with Gasteiger partial charge in [0.1, 0.15) is 11.0 Å². The molecule has 0 saturated heterocycles. The van der Waals surface area contributed by atoms with Crippen molar-refractivity contribution in [2.75, 3.05) is 0 Å². The number of ketones is 1. The van der Waals surface area contributed by atoms with Crippen LogP contribution in [0.3, 0.4) is 0 Å². The van der Waals surface area contributed by atoms with Crippen LogP contribution < -0.4 is 9.47 Å². The van der Waals surface area contributed by atoms with Gasteiger partial charge in [0.05, 0.1) is 0 Å². The fourth-order valence-electron chi connectivity index (χ4n) is 3.44. The molecule has 0 atom stereocenters. The Hall–Kier alpha value is -4.25. The van der Waals surface area contributed by atoms with Crippen molar-refractivity contribution in [2.45, 2.75) is 6.29 Å². The van der Waals surface area contributed by atoms with Crippen molar-refractivity contribution in [1.29, 1.82) is 0 Å². The molecule has 0 radical (unpaired) electrons. The lowest BCUT2D eigenvalue weighted by Crippen LogP contribution is -2.33. The standard InChI is InChI=1S/C26H18N2O3/c29-25(20-8-2-1-3-9-20)26(30-21-14-4-10-18-12-6-16-27-23(18)21)31-22-15-5-11-19-13-7-17-28-24(19)22/h1-17,26H. The van der Waals surface area contributed by atoms with Gasteiger partial charge in [-0.15, -0.1) is 0 Å². The van der Waals surface area contributed by atoms with Gasteiger partial charge in [0.2, 0.25) is 5.78 Å². The fourth-order valence-corrected chi connectivity index (χ4v) is 3.44. The molecule has 0 spiro atoms. The molecule has 150 valence electrons. The maximum atomic E-state index is 13.3. The maximum absolute atomic E-state index is 13.3. The average molecular weight is 406 g/mol. The Morgan fingerprint density at radius 1 is 0.613 bits per heavy atom. The highest BCUT2D eigenvalue weighted by atomic mass is 16.7. The molecule has 5 aromatic rings. The zero-order chi connectivity index (χ0) is 21.0. The summed E-state index contributed by atoms with van der Waals surface area (Å²) in [4.78, 5) is 22.2. The van der Waals surface area contributed by atoms with Gasteiger partial charge in [0, 0.05) is 28.7 Å². The summed E-state index contributed by atoms with van der Waals surface area (Å²) >= 11 is 0. The van der Waals surface area contributed by atoms with Crippen LogP contribution in [0.15, 0.2) is 103 Å². The van der Waals surface area contributed by atoms with Gasteiger partial charge >= 0.3 is 6.29 Å². The Morgan fingerprint density at radius 2 is 1.13 bits per heavy atom. The third kappa shape index (κ3) is 3.81. The predicted octanol–water partition coefficient (Wildman–Crippen LogP) is 5.45. The lowest BCUT2D eigenvalue weighted by Gasteiger charge is -2.21. The van der Waals surface area contributed by atoms with Crippen LogP contribution in [0, 0.1) is 0 Å². The molecule has 0 fully saturated rings. The highest BCUT2D eigenvalue weighted by molar-refractivity contribution is 5.99. The molecule has 5 heteroatoms. The molecule has 0 aliphatic carbocycles. The van der Waals surface area contributed by atoms with E-state index < -0.39 is 6.29 Å². The van der Waals surface area contributed by atoms with E-state index in [9.17, 15) is 4.79 Å². The molecule has 5 nitrogen and oxygen atoms in total. The van der Waals surface area contributed by atoms with Gasteiger partial charge in [-0.1, -0.05) is 66.7 Å². The van der Waals surface area contributed by atoms with Crippen molar-refractivity contribution < 1.29 is 14.3 Å². The third-order valence-electron chi connectivity index (χ3n) is 4.93. The van der Waals surface area contributed by atoms with E-state index in [1.807, 2.05) is 66.7 Å². The van der Waals surface area contributed by atoms with Crippen molar-refractivity contribution in [3.05, 3.63) is 109 Å². The van der Waals surface area contributed by atoms with E-state index in [0.717, 1.165) is 10.8 Å². The number of benzene rings is 3. The highest BCUT2D eigenvalue weighted by Gasteiger charge is 2.26. The molecule has 0 aliphatic heterocycles. The zero-order valence-corrected chi connectivity index (χ0v) is 16.5. The normalized spacial score (nSPS) is 11.0. The molecule has 0 amide bonds. The van der Waals surface area contributed by atoms with Gasteiger partial charge in [-0.05, 0) is 24.3 Å². The fraction of sp³-hybridized carbons (Fsp3) is 0.0385. The number of nitrogens with zero attached hydrogens (tertiary/aromatic N) is 2. The monoisotopic (exact) mass is 406 g/mol. The van der Waals surface area contributed by atoms with Crippen LogP contribution in [0.1, 0.15) is 10.4 Å². The highest BCUT2D eigenvalue weighted by Crippen LogP contribution is 2.28. The second kappa shape index (κ2) is 8.24. The Morgan fingerprint density at radius 3 is 1.68 bits per heavy atom. The van der Waals surface area contributed by atoms with E-state index in [0.29, 0.717) is 28.1 Å². The Kier molecular flexibility index (Phi) is 4.99. The summed E-state index contributed by atoms with van der Waals surface area (Å²) in [6.07, 6.45) is 2.18. The van der Waals surface area contributed by atoms with Crippen molar-refractivity contribution in [3.63, 3.8) is 0 Å². The first-order chi connectivity index (χ1) is 15.3. The molecule has 0 unspecified atom stereocenters. The Bertz CT molecular complexity index is 1280. The number of aromatic nitrogens is 2. The number of hydrogen-bond donors (Lipinski definition) is 0. The summed E-state index contributed by atoms with van der Waals surface area (Å²) in [6.45, 7) is 0. The SMILES string of the molecule is O=C(c1ccccc1)C(Oc1cccc2cccnc12)Oc1cccc2cccnc12. The topological polar surface area (TPSA) is 61.3 Å². The number of pyridine rings is 2. The quantitative estimate of drug-likeness (QED) is 0.277. The molecule has 0 N–H and O–H groups in total. The second-order valence-corrected chi connectivity index (χ2v) is 6.96. The number of carbonyl (C=O) groups is 1. The number of fused-ring (bicyclic) bond motifs is 2. The first-order valence-electron chi connectivity index (χ1n) is 9.90. The Labute approximate surface area is 178 Å². The van der Waals surface area contributed by atoms with E-state index in [2.05, 4.69) is 9.97 Å². The van der Waals surface area contributed by atoms with Crippen LogP contribution in [0.5, 0.6) is 11.5 Å². The smallest absolute Gasteiger partial charge is 0.305 e. The van der Waals surface area contributed by atoms with Crippen LogP contribution in [0.25, 0.3) is 21.8 Å². The summed E-state index contributed by atoms with van der Waals surface area (Å²) in [5.74, 6) is 0.655. The second-order valence-electron chi connectivity index (χ2n) is 6.96. The first kappa shape index (κ1) is 18.8. The van der Waals surface area contributed by atoms with Crippen molar-refractivity contribution in [3.8, 4) is 11.5 Å². The average Bonchev–Trinajstić information content (AvgIpc) is 2.84. The van der Waals surface area contributed by atoms with Gasteiger partial charge in [-0.2, -0.15) is 0 Å². The number of Topliss-reactive ketones (excluding diaryl/α,β-unsaturated/α-hetero) is 1. The molecule has 0 bridgehead atoms. The van der Waals surface area contributed by atoms with Crippen LogP contribution in [0.2, 0.25) is 0 Å². The van der Waals surface area contributed by atoms with Gasteiger partial charge in [0.15, 0.2) is 11.5 Å². The summed E-state index contributed by atoms with van der Waals surface area (Å²) in [6, 6.07) is 27.7. The summed E-state index contributed by atoms with van der Waals surface area (Å²) in [5.41, 5.74) is 1.82. The van der Waals surface area contributed by atoms with Gasteiger partial charge in [-0.25, -0.2) is 0 Å². The zero-order valence-electron chi connectivity index (χ0n) is 16.5. The summed E-state index contributed by atoms with van der Waals surface area (Å²) in [5, 5.41) is 1.83. The minimum atomic E-state index is -1.21. The molecule has 5 rings (SSSR count). The number of rotatable bonds is 6. The molecule has 0 saturated carbocycles. The largest absolute Gasteiger partial charge is 0.445 e. The summed E-state index contributed by atoms with van der Waals surface area (Å²) < 4.78 is 12.3. The molecule has 0 aliphatic rings. The van der Waals surface area contributed by atoms with Gasteiger partial charge < -0.3 is 9.47 Å². The van der Waals surface area contributed by atoms with Crippen LogP contribution >= 0.6 is 0 Å². The van der Waals surface area contributed by atoms with Crippen LogP contribution in [-0.2, 0) is 0 Å². The Balaban J connectivity index is 1.57. The van der Waals surface area contributed by atoms with Crippen molar-refractivity contribution in [2.24, 2.45) is 0 Å². The lowest BCUT2D eigenvalue weighted by atomic mass is 10.1. The van der Waals surface area contributed by atoms with E-state index in [-0.39, 0.29) is 5.78 Å². The molecule has 31 heavy (non-hydrogen) atoms. The molecule has 3 aromatic carbocycles. The first-order valence-corrected chi connectivity index (χ1v) is 9.90. The van der Waals surface area contributed by atoms with E-state index in [1.165, 1.54) is 0 Å².